The Labute approximate surface area is 95.4 Å². The van der Waals surface area contributed by atoms with E-state index in [9.17, 15) is 8.78 Å². The van der Waals surface area contributed by atoms with E-state index in [4.69, 9.17) is 4.74 Å². The van der Waals surface area contributed by atoms with Gasteiger partial charge in [0, 0.05) is 5.56 Å². The highest BCUT2D eigenvalue weighted by atomic mass is 19.3. The van der Waals surface area contributed by atoms with Gasteiger partial charge >= 0.3 is 0 Å². The van der Waals surface area contributed by atoms with E-state index in [1.165, 1.54) is 25.0 Å². The summed E-state index contributed by atoms with van der Waals surface area (Å²) in [5, 5.41) is 0. The van der Waals surface area contributed by atoms with Gasteiger partial charge in [0.25, 0.3) is 6.43 Å². The lowest BCUT2D eigenvalue weighted by Gasteiger charge is -2.06. The van der Waals surface area contributed by atoms with E-state index in [2.05, 4.69) is 6.92 Å². The smallest absolute Gasteiger partial charge is 0.263 e. The Morgan fingerprint density at radius 1 is 1.06 bits per heavy atom. The van der Waals surface area contributed by atoms with E-state index in [0.717, 1.165) is 12.8 Å². The van der Waals surface area contributed by atoms with Gasteiger partial charge in [-0.3, -0.25) is 0 Å². The van der Waals surface area contributed by atoms with Gasteiger partial charge < -0.3 is 4.74 Å². The number of hydrogen-bond acceptors (Lipinski definition) is 1. The Morgan fingerprint density at radius 2 is 1.75 bits per heavy atom. The highest BCUT2D eigenvalue weighted by Gasteiger charge is 2.05. The van der Waals surface area contributed by atoms with Crippen LogP contribution in [0.25, 0.3) is 0 Å². The molecule has 0 radical (unpaired) electrons. The Morgan fingerprint density at radius 3 is 2.31 bits per heavy atom. The molecule has 0 heterocycles. The highest BCUT2D eigenvalue weighted by molar-refractivity contribution is 5.27. The molecule has 1 nitrogen and oxygen atoms in total. The average Bonchev–Trinajstić information content (AvgIpc) is 2.29. The molecule has 0 saturated carbocycles. The van der Waals surface area contributed by atoms with Crippen LogP contribution in [0.3, 0.4) is 0 Å². The molecule has 0 spiro atoms. The van der Waals surface area contributed by atoms with Gasteiger partial charge in [-0.2, -0.15) is 0 Å². The van der Waals surface area contributed by atoms with Gasteiger partial charge in [-0.15, -0.1) is 0 Å². The average molecular weight is 228 g/mol. The van der Waals surface area contributed by atoms with Crippen molar-refractivity contribution in [3.05, 3.63) is 29.8 Å². The molecule has 0 amide bonds. The normalized spacial score (nSPS) is 10.8. The molecular formula is C13H18F2O. The largest absolute Gasteiger partial charge is 0.494 e. The van der Waals surface area contributed by atoms with Crippen molar-refractivity contribution in [2.24, 2.45) is 0 Å². The van der Waals surface area contributed by atoms with Crippen LogP contribution < -0.4 is 4.74 Å². The molecule has 1 rings (SSSR count). The van der Waals surface area contributed by atoms with Crippen molar-refractivity contribution in [3.8, 4) is 5.75 Å². The van der Waals surface area contributed by atoms with Gasteiger partial charge in [-0.05, 0) is 30.7 Å². The van der Waals surface area contributed by atoms with Crippen LogP contribution in [0.4, 0.5) is 8.78 Å². The molecule has 0 saturated heterocycles. The summed E-state index contributed by atoms with van der Waals surface area (Å²) >= 11 is 0. The van der Waals surface area contributed by atoms with E-state index < -0.39 is 6.43 Å². The van der Waals surface area contributed by atoms with Crippen molar-refractivity contribution in [2.75, 3.05) is 6.61 Å². The molecule has 3 heteroatoms. The number of ether oxygens (including phenoxy) is 1. The number of benzene rings is 1. The van der Waals surface area contributed by atoms with Crippen LogP contribution in [-0.2, 0) is 0 Å². The predicted molar refractivity (Wildman–Crippen MR) is 61.0 cm³/mol. The minimum absolute atomic E-state index is 0.0401. The molecule has 0 bridgehead atoms. The van der Waals surface area contributed by atoms with Crippen molar-refractivity contribution >= 4 is 0 Å². The summed E-state index contributed by atoms with van der Waals surface area (Å²) in [5.41, 5.74) is 0.0401. The van der Waals surface area contributed by atoms with Gasteiger partial charge in [-0.1, -0.05) is 26.2 Å². The standard InChI is InChI=1S/C13H18F2O/c1-2-3-4-5-10-16-12-8-6-11(7-9-12)13(14)15/h6-9,13H,2-5,10H2,1H3. The summed E-state index contributed by atoms with van der Waals surface area (Å²) in [7, 11) is 0. The maximum atomic E-state index is 12.2. The third kappa shape index (κ3) is 4.60. The minimum atomic E-state index is -2.40. The van der Waals surface area contributed by atoms with Gasteiger partial charge in [0.1, 0.15) is 5.75 Å². The molecule has 0 fully saturated rings. The molecule has 0 aliphatic carbocycles. The summed E-state index contributed by atoms with van der Waals surface area (Å²) in [6, 6.07) is 6.01. The van der Waals surface area contributed by atoms with Gasteiger partial charge in [-0.25, -0.2) is 8.78 Å². The first-order chi connectivity index (χ1) is 7.74. The van der Waals surface area contributed by atoms with Crippen LogP contribution >= 0.6 is 0 Å². The topological polar surface area (TPSA) is 9.23 Å². The van der Waals surface area contributed by atoms with Crippen molar-refractivity contribution in [2.45, 2.75) is 39.0 Å². The Hall–Kier alpha value is -1.12. The second kappa shape index (κ2) is 7.20. The Bertz CT molecular complexity index is 282. The first kappa shape index (κ1) is 12.9. The minimum Gasteiger partial charge on any atom is -0.494 e. The second-order valence-corrected chi connectivity index (χ2v) is 3.78. The summed E-state index contributed by atoms with van der Waals surface area (Å²) < 4.78 is 29.9. The number of halogens is 2. The molecule has 0 aliphatic heterocycles. The molecule has 1 aromatic carbocycles. The number of unbranched alkanes of at least 4 members (excludes halogenated alkanes) is 3. The third-order valence-electron chi connectivity index (χ3n) is 2.40. The lowest BCUT2D eigenvalue weighted by Crippen LogP contribution is -1.97. The molecule has 90 valence electrons. The molecular weight excluding hydrogens is 210 g/mol. The molecule has 0 N–H and O–H groups in total. The predicted octanol–water partition coefficient (Wildman–Crippen LogP) is 4.58. The molecule has 16 heavy (non-hydrogen) atoms. The maximum absolute atomic E-state index is 12.2. The van der Waals surface area contributed by atoms with Crippen LogP contribution in [0.5, 0.6) is 5.75 Å². The maximum Gasteiger partial charge on any atom is 0.263 e. The van der Waals surface area contributed by atoms with Crippen molar-refractivity contribution in [1.29, 1.82) is 0 Å². The summed E-state index contributed by atoms with van der Waals surface area (Å²) in [4.78, 5) is 0. The van der Waals surface area contributed by atoms with Gasteiger partial charge in [0.15, 0.2) is 0 Å². The number of rotatable bonds is 7. The molecule has 0 unspecified atom stereocenters. The van der Waals surface area contributed by atoms with Gasteiger partial charge in [0.05, 0.1) is 6.61 Å². The lowest BCUT2D eigenvalue weighted by atomic mass is 10.2. The molecule has 0 atom stereocenters. The number of hydrogen-bond donors (Lipinski definition) is 0. The van der Waals surface area contributed by atoms with E-state index >= 15 is 0 Å². The SMILES string of the molecule is CCCCCCOc1ccc(C(F)F)cc1. The van der Waals surface area contributed by atoms with Crippen LogP contribution in [-0.4, -0.2) is 6.61 Å². The zero-order valence-corrected chi connectivity index (χ0v) is 9.59. The summed E-state index contributed by atoms with van der Waals surface area (Å²) in [6.45, 7) is 2.82. The monoisotopic (exact) mass is 228 g/mol. The van der Waals surface area contributed by atoms with Crippen LogP contribution in [0.15, 0.2) is 24.3 Å². The fraction of sp³-hybridized carbons (Fsp3) is 0.538. The summed E-state index contributed by atoms with van der Waals surface area (Å²) in [6.07, 6.45) is 2.19. The van der Waals surface area contributed by atoms with Crippen molar-refractivity contribution in [1.82, 2.24) is 0 Å². The molecule has 0 aromatic heterocycles. The zero-order chi connectivity index (χ0) is 11.8. The van der Waals surface area contributed by atoms with E-state index in [0.29, 0.717) is 12.4 Å². The van der Waals surface area contributed by atoms with Crippen molar-refractivity contribution < 1.29 is 13.5 Å². The fourth-order valence-electron chi connectivity index (χ4n) is 1.43. The van der Waals surface area contributed by atoms with E-state index in [1.54, 1.807) is 12.1 Å². The Balaban J connectivity index is 2.27. The third-order valence-corrected chi connectivity index (χ3v) is 2.40. The Kier molecular flexibility index (Phi) is 5.83. The van der Waals surface area contributed by atoms with Crippen LogP contribution in [0, 0.1) is 0 Å². The zero-order valence-electron chi connectivity index (χ0n) is 9.59. The van der Waals surface area contributed by atoms with Gasteiger partial charge in [0.2, 0.25) is 0 Å². The fourth-order valence-corrected chi connectivity index (χ4v) is 1.43. The van der Waals surface area contributed by atoms with Crippen LogP contribution in [0.1, 0.15) is 44.6 Å². The second-order valence-electron chi connectivity index (χ2n) is 3.78. The summed E-state index contributed by atoms with van der Waals surface area (Å²) in [5.74, 6) is 0.667. The quantitative estimate of drug-likeness (QED) is 0.620. The lowest BCUT2D eigenvalue weighted by molar-refractivity contribution is 0.151. The van der Waals surface area contributed by atoms with E-state index in [1.807, 2.05) is 0 Å². The molecule has 0 aliphatic rings. The first-order valence-electron chi connectivity index (χ1n) is 5.75. The highest BCUT2D eigenvalue weighted by Crippen LogP contribution is 2.21. The number of alkyl halides is 2. The first-order valence-corrected chi connectivity index (χ1v) is 5.75. The van der Waals surface area contributed by atoms with Crippen LogP contribution in [0.2, 0.25) is 0 Å². The molecule has 1 aromatic rings. The van der Waals surface area contributed by atoms with E-state index in [-0.39, 0.29) is 5.56 Å². The van der Waals surface area contributed by atoms with Crippen molar-refractivity contribution in [3.63, 3.8) is 0 Å².